The van der Waals surface area contributed by atoms with Crippen LogP contribution >= 0.6 is 12.2 Å². The van der Waals surface area contributed by atoms with Crippen LogP contribution in [0.2, 0.25) is 0 Å². The number of ether oxygens (including phenoxy) is 1. The molecule has 0 fully saturated rings. The smallest absolute Gasteiger partial charge is 0.170 e. The summed E-state index contributed by atoms with van der Waals surface area (Å²) in [5.74, 6) is 0.867. The lowest BCUT2D eigenvalue weighted by molar-refractivity contribution is 0.323. The summed E-state index contributed by atoms with van der Waals surface area (Å²) in [7, 11) is 0. The molecule has 0 heterocycles. The van der Waals surface area contributed by atoms with Crippen molar-refractivity contribution in [2.45, 2.75) is 0 Å². The molecular formula is C15H16N2OS. The van der Waals surface area contributed by atoms with Crippen molar-refractivity contribution in [3.8, 4) is 5.75 Å². The molecule has 3 nitrogen and oxygen atoms in total. The van der Waals surface area contributed by atoms with Crippen molar-refractivity contribution in [2.24, 2.45) is 0 Å². The molecule has 0 aliphatic heterocycles. The molecule has 0 unspecified atom stereocenters. The first-order valence-corrected chi connectivity index (χ1v) is 6.53. The van der Waals surface area contributed by atoms with Gasteiger partial charge in [0.2, 0.25) is 0 Å². The molecule has 0 amide bonds. The normalized spacial score (nSPS) is 9.68. The van der Waals surface area contributed by atoms with Gasteiger partial charge in [-0.3, -0.25) is 0 Å². The Bertz CT molecular complexity index is 502. The molecule has 2 rings (SSSR count). The molecule has 4 heteroatoms. The Morgan fingerprint density at radius 2 is 1.58 bits per heavy atom. The van der Waals surface area contributed by atoms with E-state index in [1.807, 2.05) is 60.7 Å². The van der Waals surface area contributed by atoms with E-state index in [9.17, 15) is 0 Å². The Balaban J connectivity index is 1.65. The van der Waals surface area contributed by atoms with Crippen LogP contribution in [0.25, 0.3) is 0 Å². The topological polar surface area (TPSA) is 33.3 Å². The second-order valence-electron chi connectivity index (χ2n) is 3.91. The van der Waals surface area contributed by atoms with Gasteiger partial charge in [0.05, 0.1) is 6.54 Å². The molecule has 0 aliphatic rings. The zero-order valence-corrected chi connectivity index (χ0v) is 11.3. The lowest BCUT2D eigenvalue weighted by atomic mass is 10.3. The monoisotopic (exact) mass is 272 g/mol. The highest BCUT2D eigenvalue weighted by atomic mass is 32.1. The molecule has 98 valence electrons. The number of rotatable bonds is 5. The summed E-state index contributed by atoms with van der Waals surface area (Å²) in [6, 6.07) is 19.5. The van der Waals surface area contributed by atoms with Gasteiger partial charge >= 0.3 is 0 Å². The Morgan fingerprint density at radius 1 is 0.947 bits per heavy atom. The molecule has 0 saturated heterocycles. The number of benzene rings is 2. The van der Waals surface area contributed by atoms with Gasteiger partial charge in [-0.1, -0.05) is 36.4 Å². The first kappa shape index (κ1) is 13.4. The van der Waals surface area contributed by atoms with Gasteiger partial charge in [0.1, 0.15) is 12.4 Å². The van der Waals surface area contributed by atoms with Gasteiger partial charge < -0.3 is 15.4 Å². The number of para-hydroxylation sites is 2. The van der Waals surface area contributed by atoms with Crippen molar-refractivity contribution in [3.05, 3.63) is 60.7 Å². The summed E-state index contributed by atoms with van der Waals surface area (Å²) in [6.07, 6.45) is 0. The fraction of sp³-hybridized carbons (Fsp3) is 0.133. The van der Waals surface area contributed by atoms with Gasteiger partial charge in [0.15, 0.2) is 5.11 Å². The average Bonchev–Trinajstić information content (AvgIpc) is 2.46. The van der Waals surface area contributed by atoms with Crippen LogP contribution < -0.4 is 15.4 Å². The molecule has 0 atom stereocenters. The van der Waals surface area contributed by atoms with Crippen LogP contribution in [0, 0.1) is 0 Å². The molecule has 2 aromatic carbocycles. The molecule has 0 radical (unpaired) electrons. The highest BCUT2D eigenvalue weighted by Gasteiger charge is 1.96. The third-order valence-electron chi connectivity index (χ3n) is 2.43. The number of nitrogens with one attached hydrogen (secondary N) is 2. The fourth-order valence-corrected chi connectivity index (χ4v) is 1.77. The van der Waals surface area contributed by atoms with Crippen LogP contribution in [0.3, 0.4) is 0 Å². The second-order valence-corrected chi connectivity index (χ2v) is 4.32. The maximum absolute atomic E-state index is 5.56. The van der Waals surface area contributed by atoms with Gasteiger partial charge in [-0.05, 0) is 36.5 Å². The van der Waals surface area contributed by atoms with E-state index in [-0.39, 0.29) is 0 Å². The van der Waals surface area contributed by atoms with E-state index in [0.29, 0.717) is 18.3 Å². The van der Waals surface area contributed by atoms with Gasteiger partial charge in [-0.25, -0.2) is 0 Å². The van der Waals surface area contributed by atoms with Crippen LogP contribution in [-0.4, -0.2) is 18.3 Å². The summed E-state index contributed by atoms with van der Waals surface area (Å²) >= 11 is 5.19. The minimum Gasteiger partial charge on any atom is -0.492 e. The summed E-state index contributed by atoms with van der Waals surface area (Å²) < 4.78 is 5.56. The van der Waals surface area contributed by atoms with E-state index >= 15 is 0 Å². The van der Waals surface area contributed by atoms with Gasteiger partial charge in [0, 0.05) is 5.69 Å². The molecule has 0 aromatic heterocycles. The Kier molecular flexibility index (Phi) is 5.19. The maximum Gasteiger partial charge on any atom is 0.170 e. The standard InChI is InChI=1S/C15H16N2OS/c19-15(17-13-7-3-1-4-8-13)16-11-12-18-14-9-5-2-6-10-14/h1-10H,11-12H2,(H2,16,17,19). The minimum atomic E-state index is 0.570. The van der Waals surface area contributed by atoms with Crippen LogP contribution in [-0.2, 0) is 0 Å². The highest BCUT2D eigenvalue weighted by molar-refractivity contribution is 7.80. The third kappa shape index (κ3) is 4.97. The summed E-state index contributed by atoms with van der Waals surface area (Å²) in [4.78, 5) is 0. The number of hydrogen-bond donors (Lipinski definition) is 2. The second kappa shape index (κ2) is 7.38. The molecule has 2 N–H and O–H groups in total. The SMILES string of the molecule is S=C(NCCOc1ccccc1)Nc1ccccc1. The van der Waals surface area contributed by atoms with Crippen molar-refractivity contribution in [3.63, 3.8) is 0 Å². The van der Waals surface area contributed by atoms with Crippen LogP contribution in [0.1, 0.15) is 0 Å². The largest absolute Gasteiger partial charge is 0.492 e. The number of anilines is 1. The molecule has 19 heavy (non-hydrogen) atoms. The minimum absolute atomic E-state index is 0.570. The summed E-state index contributed by atoms with van der Waals surface area (Å²) in [5.41, 5.74) is 0.976. The van der Waals surface area contributed by atoms with Gasteiger partial charge in [0.25, 0.3) is 0 Å². The van der Waals surface area contributed by atoms with Gasteiger partial charge in [-0.15, -0.1) is 0 Å². The van der Waals surface area contributed by atoms with Crippen LogP contribution in [0.5, 0.6) is 5.75 Å². The zero-order chi connectivity index (χ0) is 13.3. The van der Waals surface area contributed by atoms with Crippen molar-refractivity contribution < 1.29 is 4.74 Å². The predicted molar refractivity (Wildman–Crippen MR) is 82.6 cm³/mol. The van der Waals surface area contributed by atoms with Crippen molar-refractivity contribution in [1.82, 2.24) is 5.32 Å². The van der Waals surface area contributed by atoms with E-state index in [4.69, 9.17) is 17.0 Å². The van der Waals surface area contributed by atoms with Crippen LogP contribution in [0.15, 0.2) is 60.7 Å². The zero-order valence-electron chi connectivity index (χ0n) is 10.5. The average molecular weight is 272 g/mol. The van der Waals surface area contributed by atoms with E-state index in [2.05, 4.69) is 10.6 Å². The molecule has 0 bridgehead atoms. The third-order valence-corrected chi connectivity index (χ3v) is 2.68. The molecule has 0 saturated carbocycles. The van der Waals surface area contributed by atoms with Crippen molar-refractivity contribution in [2.75, 3.05) is 18.5 Å². The van der Waals surface area contributed by atoms with E-state index in [1.165, 1.54) is 0 Å². The highest BCUT2D eigenvalue weighted by Crippen LogP contribution is 2.07. The van der Waals surface area contributed by atoms with Gasteiger partial charge in [-0.2, -0.15) is 0 Å². The predicted octanol–water partition coefficient (Wildman–Crippen LogP) is 3.05. The first-order valence-electron chi connectivity index (χ1n) is 6.12. The Hall–Kier alpha value is -2.07. The Labute approximate surface area is 118 Å². The number of hydrogen-bond acceptors (Lipinski definition) is 2. The van der Waals surface area contributed by atoms with E-state index in [0.717, 1.165) is 11.4 Å². The first-order chi connectivity index (χ1) is 9.34. The van der Waals surface area contributed by atoms with Crippen molar-refractivity contribution >= 4 is 23.0 Å². The fourth-order valence-electron chi connectivity index (χ4n) is 1.55. The lowest BCUT2D eigenvalue weighted by Gasteiger charge is -2.11. The molecular weight excluding hydrogens is 256 g/mol. The maximum atomic E-state index is 5.56. The molecule has 2 aromatic rings. The number of thiocarbonyl (C=S) groups is 1. The van der Waals surface area contributed by atoms with Crippen LogP contribution in [0.4, 0.5) is 5.69 Å². The summed E-state index contributed by atoms with van der Waals surface area (Å²) in [5, 5.41) is 6.80. The van der Waals surface area contributed by atoms with Crippen molar-refractivity contribution in [1.29, 1.82) is 0 Å². The summed E-state index contributed by atoms with van der Waals surface area (Å²) in [6.45, 7) is 1.23. The van der Waals surface area contributed by atoms with E-state index < -0.39 is 0 Å². The Morgan fingerprint density at radius 3 is 2.26 bits per heavy atom. The quantitative estimate of drug-likeness (QED) is 0.647. The lowest BCUT2D eigenvalue weighted by Crippen LogP contribution is -2.31. The van der Waals surface area contributed by atoms with E-state index in [1.54, 1.807) is 0 Å². The molecule has 0 aliphatic carbocycles. The molecule has 0 spiro atoms.